The van der Waals surface area contributed by atoms with Crippen LogP contribution < -0.4 is 0 Å². The Morgan fingerprint density at radius 1 is 0.795 bits per heavy atom. The Balaban J connectivity index is 1.30. The number of hydrogen-bond acceptors (Lipinski definition) is 6. The Morgan fingerprint density at radius 2 is 1.50 bits per heavy atom. The first-order chi connectivity index (χ1) is 20.7. The van der Waals surface area contributed by atoms with Crippen molar-refractivity contribution in [2.75, 3.05) is 40.1 Å². The summed E-state index contributed by atoms with van der Waals surface area (Å²) in [7, 11) is 1.64. The molecule has 0 aromatic rings. The number of fused-ring (bicyclic) bond motifs is 7. The van der Waals surface area contributed by atoms with E-state index in [0.29, 0.717) is 50.1 Å². The molecule has 5 aliphatic rings. The highest BCUT2D eigenvalue weighted by Gasteiger charge is 2.72. The fraction of sp³-hybridized carbons (Fsp3) is 0.892. The van der Waals surface area contributed by atoms with E-state index in [1.54, 1.807) is 7.11 Å². The maximum Gasteiger partial charge on any atom is 0.332 e. The maximum atomic E-state index is 12.9. The van der Waals surface area contributed by atoms with Crippen LogP contribution in [0.15, 0.2) is 12.2 Å². The highest BCUT2D eigenvalue weighted by atomic mass is 16.6. The van der Waals surface area contributed by atoms with Crippen LogP contribution in [-0.4, -0.2) is 63.3 Å². The van der Waals surface area contributed by atoms with Crippen molar-refractivity contribution in [2.45, 2.75) is 112 Å². The van der Waals surface area contributed by atoms with Gasteiger partial charge in [0.25, 0.3) is 0 Å². The van der Waals surface area contributed by atoms with Gasteiger partial charge in [0.1, 0.15) is 12.7 Å². The minimum Gasteiger partial charge on any atom is -0.481 e. The molecule has 0 bridgehead atoms. The molecule has 0 aromatic carbocycles. The van der Waals surface area contributed by atoms with Crippen LogP contribution in [0.4, 0.5) is 0 Å². The van der Waals surface area contributed by atoms with Crippen LogP contribution in [0.1, 0.15) is 106 Å². The molecule has 5 rings (SSSR count). The van der Waals surface area contributed by atoms with Gasteiger partial charge < -0.3 is 24.1 Å². The summed E-state index contributed by atoms with van der Waals surface area (Å²) >= 11 is 0. The Labute approximate surface area is 266 Å². The average Bonchev–Trinajstić information content (AvgIpc) is 3.36. The normalized spacial score (nSPS) is 44.1. The minimum absolute atomic E-state index is 0.0488. The molecule has 1 N–H and O–H groups in total. The molecule has 7 nitrogen and oxygen atoms in total. The molecule has 250 valence electrons. The number of carbonyl (C=O) groups is 2. The molecule has 7 heteroatoms. The predicted octanol–water partition coefficient (Wildman–Crippen LogP) is 7.32. The van der Waals surface area contributed by atoms with Crippen LogP contribution in [0.2, 0.25) is 0 Å². The molecule has 44 heavy (non-hydrogen) atoms. The summed E-state index contributed by atoms with van der Waals surface area (Å²) in [6.07, 6.45) is 9.98. The lowest BCUT2D eigenvalue weighted by molar-refractivity contribution is -0.250. The molecule has 4 unspecified atom stereocenters. The third-order valence-corrected chi connectivity index (χ3v) is 14.7. The second-order valence-electron chi connectivity index (χ2n) is 16.6. The smallest absolute Gasteiger partial charge is 0.332 e. The second-order valence-corrected chi connectivity index (χ2v) is 16.6. The fourth-order valence-electron chi connectivity index (χ4n) is 12.4. The Bertz CT molecular complexity index is 1100. The van der Waals surface area contributed by atoms with Crippen molar-refractivity contribution in [3.63, 3.8) is 0 Å². The summed E-state index contributed by atoms with van der Waals surface area (Å²) < 4.78 is 22.1. The van der Waals surface area contributed by atoms with Crippen molar-refractivity contribution in [1.82, 2.24) is 0 Å². The van der Waals surface area contributed by atoms with E-state index in [1.165, 1.54) is 12.0 Å². The van der Waals surface area contributed by atoms with Gasteiger partial charge in [-0.1, -0.05) is 46.8 Å². The van der Waals surface area contributed by atoms with Crippen LogP contribution in [0.5, 0.6) is 0 Å². The highest BCUT2D eigenvalue weighted by Crippen LogP contribution is 2.77. The standard InChI is InChI=1S/C37H60O7/c1-24(2)25-11-16-37(32(39)40)18-17-35(6)26(31(25)37)9-10-28-34(5)14-13-29(33(3,4)27(34)12-15-36(28,35)7)44-30(38)23-43-22-21-42-20-19-41-8/h25-29,31H,1,9-23H2,2-8H3,(H,39,40)/t25-,26?,27?,28?,29-,31?,34-,35+,36+,37-/m0/s1. The largest absolute Gasteiger partial charge is 0.481 e. The number of carboxylic acids is 1. The van der Waals surface area contributed by atoms with E-state index in [1.807, 2.05) is 0 Å². The minimum atomic E-state index is -0.581. The summed E-state index contributed by atoms with van der Waals surface area (Å²) in [5.41, 5.74) is 0.903. The number of allylic oxidation sites excluding steroid dienone is 1. The van der Waals surface area contributed by atoms with Gasteiger partial charge in [-0.2, -0.15) is 0 Å². The first-order valence-electron chi connectivity index (χ1n) is 17.4. The summed E-state index contributed by atoms with van der Waals surface area (Å²) in [4.78, 5) is 25.8. The molecular weight excluding hydrogens is 556 g/mol. The lowest BCUT2D eigenvalue weighted by Gasteiger charge is -2.72. The number of carbonyl (C=O) groups excluding carboxylic acids is 1. The van der Waals surface area contributed by atoms with Crippen LogP contribution in [0, 0.1) is 56.7 Å². The summed E-state index contributed by atoms with van der Waals surface area (Å²) in [5.74, 6) is 1.13. The fourth-order valence-corrected chi connectivity index (χ4v) is 12.4. The molecule has 0 saturated heterocycles. The zero-order chi connectivity index (χ0) is 32.1. The number of hydrogen-bond donors (Lipinski definition) is 1. The number of ether oxygens (including phenoxy) is 4. The third kappa shape index (κ3) is 5.19. The second kappa shape index (κ2) is 12.3. The summed E-state index contributed by atoms with van der Waals surface area (Å²) in [6.45, 7) is 20.6. The van der Waals surface area contributed by atoms with Gasteiger partial charge in [-0.15, -0.1) is 0 Å². The van der Waals surface area contributed by atoms with Crippen molar-refractivity contribution in [2.24, 2.45) is 56.7 Å². The van der Waals surface area contributed by atoms with Crippen molar-refractivity contribution >= 4 is 11.9 Å². The quantitative estimate of drug-likeness (QED) is 0.148. The van der Waals surface area contributed by atoms with E-state index < -0.39 is 11.4 Å². The molecule has 5 saturated carbocycles. The number of carboxylic acid groups (broad SMARTS) is 1. The zero-order valence-electron chi connectivity index (χ0n) is 28.7. The zero-order valence-corrected chi connectivity index (χ0v) is 28.7. The monoisotopic (exact) mass is 616 g/mol. The molecule has 5 aliphatic carbocycles. The van der Waals surface area contributed by atoms with E-state index >= 15 is 0 Å². The number of aliphatic carboxylic acids is 1. The lowest BCUT2D eigenvalue weighted by atomic mass is 9.32. The number of methoxy groups -OCH3 is 1. The van der Waals surface area contributed by atoms with Crippen LogP contribution in [-0.2, 0) is 28.5 Å². The first kappa shape index (κ1) is 33.9. The van der Waals surface area contributed by atoms with E-state index in [-0.39, 0.29) is 46.3 Å². The van der Waals surface area contributed by atoms with Gasteiger partial charge in [-0.25, -0.2) is 4.79 Å². The Morgan fingerprint density at radius 3 is 2.18 bits per heavy atom. The molecule has 0 spiro atoms. The molecule has 0 heterocycles. The molecule has 10 atom stereocenters. The van der Waals surface area contributed by atoms with E-state index in [4.69, 9.17) is 18.9 Å². The maximum absolute atomic E-state index is 12.9. The topological polar surface area (TPSA) is 91.3 Å². The van der Waals surface area contributed by atoms with Gasteiger partial charge in [0, 0.05) is 12.5 Å². The number of rotatable bonds is 11. The highest BCUT2D eigenvalue weighted by molar-refractivity contribution is 5.76. The van der Waals surface area contributed by atoms with E-state index in [9.17, 15) is 14.7 Å². The van der Waals surface area contributed by atoms with Gasteiger partial charge in [0.05, 0.1) is 31.8 Å². The Kier molecular flexibility index (Phi) is 9.48. The van der Waals surface area contributed by atoms with Gasteiger partial charge in [0.15, 0.2) is 0 Å². The van der Waals surface area contributed by atoms with Crippen LogP contribution >= 0.6 is 0 Å². The third-order valence-electron chi connectivity index (χ3n) is 14.7. The Hall–Kier alpha value is -1.44. The van der Waals surface area contributed by atoms with Crippen molar-refractivity contribution in [1.29, 1.82) is 0 Å². The number of esters is 1. The van der Waals surface area contributed by atoms with Crippen LogP contribution in [0.25, 0.3) is 0 Å². The molecule has 0 amide bonds. The lowest BCUT2D eigenvalue weighted by Crippen LogP contribution is -2.67. The molecular formula is C37H60O7. The molecule has 0 aromatic heterocycles. The summed E-state index contributed by atoms with van der Waals surface area (Å²) in [5, 5.41) is 10.6. The van der Waals surface area contributed by atoms with Crippen LogP contribution in [0.3, 0.4) is 0 Å². The first-order valence-corrected chi connectivity index (χ1v) is 17.4. The van der Waals surface area contributed by atoms with Gasteiger partial charge >= 0.3 is 11.9 Å². The molecule has 0 aliphatic heterocycles. The van der Waals surface area contributed by atoms with E-state index in [2.05, 4.69) is 48.1 Å². The average molecular weight is 617 g/mol. The van der Waals surface area contributed by atoms with Crippen molar-refractivity contribution < 1.29 is 33.6 Å². The summed E-state index contributed by atoms with van der Waals surface area (Å²) in [6, 6.07) is 0. The predicted molar refractivity (Wildman–Crippen MR) is 170 cm³/mol. The van der Waals surface area contributed by atoms with Gasteiger partial charge in [-0.3, -0.25) is 4.79 Å². The van der Waals surface area contributed by atoms with Crippen molar-refractivity contribution in [3.05, 3.63) is 12.2 Å². The molecule has 0 radical (unpaired) electrons. The van der Waals surface area contributed by atoms with Gasteiger partial charge in [0.2, 0.25) is 0 Å². The SMILES string of the molecule is C=C(C)[C@@H]1CC[C@]2(C(=O)O)CC[C@]3(C)C(CCC4[C@@]5(C)CC[C@H](OC(=O)COCCOCCOC)C(C)(C)C5CC[C@]43C)C12. The van der Waals surface area contributed by atoms with Gasteiger partial charge in [-0.05, 0) is 117 Å². The molecule has 5 fully saturated rings. The van der Waals surface area contributed by atoms with E-state index in [0.717, 1.165) is 57.8 Å². The van der Waals surface area contributed by atoms with Crippen molar-refractivity contribution in [3.8, 4) is 0 Å².